The fourth-order valence-corrected chi connectivity index (χ4v) is 5.82. The first-order valence-electron chi connectivity index (χ1n) is 10.1. The first kappa shape index (κ1) is 21.9. The maximum atomic E-state index is 13.9. The van der Waals surface area contributed by atoms with Gasteiger partial charge in [0, 0.05) is 0 Å². The van der Waals surface area contributed by atoms with Crippen molar-refractivity contribution in [2.24, 2.45) is 0 Å². The Labute approximate surface area is 186 Å². The highest BCUT2D eigenvalue weighted by atomic mass is 32.2. The van der Waals surface area contributed by atoms with Crippen molar-refractivity contribution in [3.05, 3.63) is 113 Å². The topological polar surface area (TPSA) is 74.7 Å². The number of aliphatic carboxylic acids is 1. The standard InChI is InChI=1S/C25H22FNO4S/c1-17-7-13-21(14-8-17)32(30,31)27-23(18-9-11-20(26)12-10-18)16-15-22(25(28)29)24(27)19-5-3-2-4-6-19/h2-15,23-24H,16H2,1H3,(H,28,29). The van der Waals surface area contributed by atoms with E-state index in [0.29, 0.717) is 11.1 Å². The Kier molecular flexibility index (Phi) is 5.95. The molecule has 1 heterocycles. The number of carbonyl (C=O) groups is 1. The SMILES string of the molecule is Cc1ccc(S(=O)(=O)N2C(c3ccc(F)cc3)CC=C(C(=O)O)C2c2ccccc2)cc1. The lowest BCUT2D eigenvalue weighted by molar-refractivity contribution is -0.133. The maximum Gasteiger partial charge on any atom is 0.333 e. The van der Waals surface area contributed by atoms with E-state index < -0.39 is 33.9 Å². The minimum Gasteiger partial charge on any atom is -0.478 e. The van der Waals surface area contributed by atoms with Crippen LogP contribution in [0.25, 0.3) is 0 Å². The zero-order chi connectivity index (χ0) is 22.9. The summed E-state index contributed by atoms with van der Waals surface area (Å²) >= 11 is 0. The van der Waals surface area contributed by atoms with Crippen molar-refractivity contribution in [2.45, 2.75) is 30.3 Å². The van der Waals surface area contributed by atoms with Crippen LogP contribution >= 0.6 is 0 Å². The number of benzene rings is 3. The highest BCUT2D eigenvalue weighted by Crippen LogP contribution is 2.45. The molecule has 5 nitrogen and oxygen atoms in total. The summed E-state index contributed by atoms with van der Waals surface area (Å²) in [6.07, 6.45) is 1.72. The van der Waals surface area contributed by atoms with E-state index in [0.717, 1.165) is 5.56 Å². The van der Waals surface area contributed by atoms with Crippen molar-refractivity contribution in [3.8, 4) is 0 Å². The van der Waals surface area contributed by atoms with Gasteiger partial charge < -0.3 is 5.11 Å². The molecule has 1 aliphatic heterocycles. The van der Waals surface area contributed by atoms with E-state index in [4.69, 9.17) is 0 Å². The van der Waals surface area contributed by atoms with Gasteiger partial charge >= 0.3 is 5.97 Å². The summed E-state index contributed by atoms with van der Waals surface area (Å²) in [6.45, 7) is 1.86. The lowest BCUT2D eigenvalue weighted by atomic mass is 9.89. The van der Waals surface area contributed by atoms with Crippen LogP contribution in [0.1, 0.15) is 35.2 Å². The molecule has 0 fully saturated rings. The molecule has 0 saturated carbocycles. The molecular weight excluding hydrogens is 429 g/mol. The largest absolute Gasteiger partial charge is 0.478 e. The minimum absolute atomic E-state index is 0.00903. The van der Waals surface area contributed by atoms with Crippen LogP contribution in [0.4, 0.5) is 4.39 Å². The fourth-order valence-electron chi connectivity index (χ4n) is 4.04. The molecule has 3 aromatic carbocycles. The summed E-state index contributed by atoms with van der Waals surface area (Å²) in [4.78, 5) is 12.2. The van der Waals surface area contributed by atoms with Gasteiger partial charge in [0.15, 0.2) is 0 Å². The van der Waals surface area contributed by atoms with E-state index in [1.807, 2.05) is 6.92 Å². The van der Waals surface area contributed by atoms with Gasteiger partial charge in [0.2, 0.25) is 10.0 Å². The van der Waals surface area contributed by atoms with E-state index in [2.05, 4.69) is 0 Å². The lowest BCUT2D eigenvalue weighted by Gasteiger charge is -2.40. The first-order valence-corrected chi connectivity index (χ1v) is 11.6. The van der Waals surface area contributed by atoms with Gasteiger partial charge in [-0.15, -0.1) is 0 Å². The van der Waals surface area contributed by atoms with Crippen LogP contribution in [0.5, 0.6) is 0 Å². The van der Waals surface area contributed by atoms with Crippen LogP contribution in [0.3, 0.4) is 0 Å². The number of aryl methyl sites for hydroxylation is 1. The molecule has 0 spiro atoms. The average Bonchev–Trinajstić information content (AvgIpc) is 2.79. The van der Waals surface area contributed by atoms with Crippen molar-refractivity contribution in [2.75, 3.05) is 0 Å². The van der Waals surface area contributed by atoms with Crippen molar-refractivity contribution in [1.82, 2.24) is 4.31 Å². The van der Waals surface area contributed by atoms with Gasteiger partial charge in [0.25, 0.3) is 0 Å². The Morgan fingerprint density at radius 2 is 1.56 bits per heavy atom. The highest BCUT2D eigenvalue weighted by molar-refractivity contribution is 7.89. The molecule has 0 aliphatic carbocycles. The fraction of sp³-hybridized carbons (Fsp3) is 0.160. The Balaban J connectivity index is 1.95. The molecule has 32 heavy (non-hydrogen) atoms. The summed E-state index contributed by atoms with van der Waals surface area (Å²) in [5.74, 6) is -1.61. The van der Waals surface area contributed by atoms with Crippen molar-refractivity contribution in [3.63, 3.8) is 0 Å². The van der Waals surface area contributed by atoms with Gasteiger partial charge in [0.05, 0.1) is 22.6 Å². The number of halogens is 1. The van der Waals surface area contributed by atoms with Crippen LogP contribution < -0.4 is 0 Å². The molecule has 2 unspecified atom stereocenters. The second kappa shape index (κ2) is 8.68. The molecule has 2 atom stereocenters. The number of sulfonamides is 1. The normalized spacial score (nSPS) is 19.4. The smallest absolute Gasteiger partial charge is 0.333 e. The molecule has 0 bridgehead atoms. The van der Waals surface area contributed by atoms with E-state index in [1.165, 1.54) is 28.6 Å². The number of carboxylic acids is 1. The molecule has 0 saturated heterocycles. The first-order chi connectivity index (χ1) is 15.3. The Morgan fingerprint density at radius 1 is 0.938 bits per heavy atom. The summed E-state index contributed by atoms with van der Waals surface area (Å²) in [5, 5.41) is 9.91. The van der Waals surface area contributed by atoms with E-state index in [1.54, 1.807) is 60.7 Å². The van der Waals surface area contributed by atoms with Gasteiger partial charge in [-0.1, -0.05) is 66.2 Å². The van der Waals surface area contributed by atoms with E-state index in [9.17, 15) is 22.7 Å². The van der Waals surface area contributed by atoms with Crippen molar-refractivity contribution in [1.29, 1.82) is 0 Å². The molecule has 0 radical (unpaired) electrons. The summed E-state index contributed by atoms with van der Waals surface area (Å²) in [5.41, 5.74) is 2.03. The third kappa shape index (κ3) is 4.09. The molecule has 0 aromatic heterocycles. The Hall–Kier alpha value is -3.29. The van der Waals surface area contributed by atoms with Gasteiger partial charge in [0.1, 0.15) is 5.82 Å². The number of hydrogen-bond donors (Lipinski definition) is 1. The number of nitrogens with zero attached hydrogens (tertiary/aromatic N) is 1. The van der Waals surface area contributed by atoms with Crippen LogP contribution in [0.2, 0.25) is 0 Å². The summed E-state index contributed by atoms with van der Waals surface area (Å²) in [7, 11) is -4.11. The second-order valence-corrected chi connectivity index (χ2v) is 9.57. The average molecular weight is 452 g/mol. The quantitative estimate of drug-likeness (QED) is 0.591. The Bertz CT molecular complexity index is 1250. The molecule has 1 aliphatic rings. The lowest BCUT2D eigenvalue weighted by Crippen LogP contribution is -2.42. The maximum absolute atomic E-state index is 13.9. The van der Waals surface area contributed by atoms with Gasteiger partial charge in [-0.25, -0.2) is 17.6 Å². The molecule has 7 heteroatoms. The van der Waals surface area contributed by atoms with Crippen molar-refractivity contribution < 1.29 is 22.7 Å². The molecule has 164 valence electrons. The van der Waals surface area contributed by atoms with Crippen LogP contribution in [0, 0.1) is 12.7 Å². The van der Waals surface area contributed by atoms with Crippen LogP contribution in [0.15, 0.2) is 95.4 Å². The molecular formula is C25H22FNO4S. The van der Waals surface area contributed by atoms with Crippen LogP contribution in [-0.4, -0.2) is 23.8 Å². The number of hydrogen-bond acceptors (Lipinski definition) is 3. The predicted octanol–water partition coefficient (Wildman–Crippen LogP) is 5.02. The molecule has 3 aromatic rings. The molecule has 1 N–H and O–H groups in total. The summed E-state index contributed by atoms with van der Waals surface area (Å²) in [6, 6.07) is 19.0. The molecule has 4 rings (SSSR count). The third-order valence-electron chi connectivity index (χ3n) is 5.63. The van der Waals surface area contributed by atoms with E-state index in [-0.39, 0.29) is 16.9 Å². The second-order valence-electron chi connectivity index (χ2n) is 7.73. The minimum atomic E-state index is -4.11. The van der Waals surface area contributed by atoms with Gasteiger partial charge in [-0.05, 0) is 48.7 Å². The van der Waals surface area contributed by atoms with E-state index >= 15 is 0 Å². The monoisotopic (exact) mass is 451 g/mol. The van der Waals surface area contributed by atoms with Crippen LogP contribution in [-0.2, 0) is 14.8 Å². The zero-order valence-electron chi connectivity index (χ0n) is 17.4. The zero-order valence-corrected chi connectivity index (χ0v) is 18.2. The van der Waals surface area contributed by atoms with Crippen molar-refractivity contribution >= 4 is 16.0 Å². The number of carboxylic acid groups (broad SMARTS) is 1. The number of rotatable bonds is 5. The highest BCUT2D eigenvalue weighted by Gasteiger charge is 2.44. The molecule has 0 amide bonds. The predicted molar refractivity (Wildman–Crippen MR) is 119 cm³/mol. The third-order valence-corrected chi connectivity index (χ3v) is 7.52. The van der Waals surface area contributed by atoms with Gasteiger partial charge in [-0.2, -0.15) is 4.31 Å². The van der Waals surface area contributed by atoms with Gasteiger partial charge in [-0.3, -0.25) is 0 Å². The Morgan fingerprint density at radius 3 is 2.16 bits per heavy atom. The summed E-state index contributed by atoms with van der Waals surface area (Å²) < 4.78 is 42.7.